The summed E-state index contributed by atoms with van der Waals surface area (Å²) in [5, 5.41) is 14.5. The van der Waals surface area contributed by atoms with E-state index < -0.39 is 11.0 Å². The van der Waals surface area contributed by atoms with Crippen molar-refractivity contribution in [1.82, 2.24) is 10.2 Å². The van der Waals surface area contributed by atoms with Crippen LogP contribution in [0.1, 0.15) is 37.8 Å². The Morgan fingerprint density at radius 1 is 1.15 bits per heavy atom. The van der Waals surface area contributed by atoms with Crippen LogP contribution in [0, 0.1) is 10.1 Å². The maximum Gasteiger partial charge on any atom is 0.269 e. The first-order chi connectivity index (χ1) is 15.7. The molecular formula is C23H27Cl2N3O4S. The zero-order valence-corrected chi connectivity index (χ0v) is 20.9. The Kier molecular flexibility index (Phi) is 11.0. The van der Waals surface area contributed by atoms with E-state index in [1.165, 1.54) is 28.8 Å². The molecule has 1 N–H and O–H groups in total. The number of hydrogen-bond donors (Lipinski definition) is 1. The topological polar surface area (TPSA) is 92.6 Å². The Labute approximate surface area is 208 Å². The number of non-ortho nitro benzene ring substituents is 1. The first kappa shape index (κ1) is 27.0. The molecule has 2 aromatic carbocycles. The van der Waals surface area contributed by atoms with Gasteiger partial charge in [0.1, 0.15) is 6.04 Å². The summed E-state index contributed by atoms with van der Waals surface area (Å²) in [6, 6.07) is 10.6. The lowest BCUT2D eigenvalue weighted by atomic mass is 10.1. The van der Waals surface area contributed by atoms with Crippen molar-refractivity contribution in [2.45, 2.75) is 45.0 Å². The number of amides is 2. The predicted molar refractivity (Wildman–Crippen MR) is 134 cm³/mol. The summed E-state index contributed by atoms with van der Waals surface area (Å²) >= 11 is 14.0. The van der Waals surface area contributed by atoms with E-state index in [-0.39, 0.29) is 29.8 Å². The largest absolute Gasteiger partial charge is 0.354 e. The predicted octanol–water partition coefficient (Wildman–Crippen LogP) is 5.47. The van der Waals surface area contributed by atoms with Gasteiger partial charge in [-0.1, -0.05) is 54.7 Å². The van der Waals surface area contributed by atoms with E-state index in [1.54, 1.807) is 37.3 Å². The van der Waals surface area contributed by atoms with Gasteiger partial charge in [-0.25, -0.2) is 0 Å². The molecule has 33 heavy (non-hydrogen) atoms. The molecule has 0 aliphatic carbocycles. The molecular weight excluding hydrogens is 485 g/mol. The molecule has 0 saturated heterocycles. The van der Waals surface area contributed by atoms with Gasteiger partial charge in [0.15, 0.2) is 0 Å². The smallest absolute Gasteiger partial charge is 0.269 e. The fourth-order valence-corrected chi connectivity index (χ4v) is 4.41. The van der Waals surface area contributed by atoms with Crippen LogP contribution in [-0.4, -0.2) is 40.0 Å². The zero-order valence-electron chi connectivity index (χ0n) is 18.6. The van der Waals surface area contributed by atoms with Crippen LogP contribution in [0.5, 0.6) is 0 Å². The van der Waals surface area contributed by atoms with E-state index in [0.717, 1.165) is 18.4 Å². The number of unbranched alkanes of at least 4 members (excludes halogenated alkanes) is 1. The van der Waals surface area contributed by atoms with Gasteiger partial charge >= 0.3 is 0 Å². The molecule has 0 spiro atoms. The number of benzene rings is 2. The molecule has 0 aromatic heterocycles. The summed E-state index contributed by atoms with van der Waals surface area (Å²) in [5.74, 6) is 0.170. The summed E-state index contributed by atoms with van der Waals surface area (Å²) in [6.07, 6.45) is 1.81. The molecule has 0 unspecified atom stereocenters. The molecule has 0 heterocycles. The minimum atomic E-state index is -0.707. The van der Waals surface area contributed by atoms with E-state index >= 15 is 0 Å². The fraction of sp³-hybridized carbons (Fsp3) is 0.391. The molecule has 7 nitrogen and oxygen atoms in total. The van der Waals surface area contributed by atoms with Crippen LogP contribution in [0.4, 0.5) is 5.69 Å². The molecule has 0 aliphatic rings. The molecule has 0 saturated carbocycles. The van der Waals surface area contributed by atoms with Gasteiger partial charge in [0.2, 0.25) is 11.8 Å². The van der Waals surface area contributed by atoms with E-state index in [1.807, 2.05) is 6.92 Å². The standard InChI is InChI=1S/C23H27Cl2N3O4S/c1-3-4-12-26-23(30)16(2)27(13-19-20(24)6-5-7-21(19)25)22(29)15-33-14-17-8-10-18(11-9-17)28(31)32/h5-11,16H,3-4,12-15H2,1-2H3,(H,26,30)/t16-/m1/s1. The summed E-state index contributed by atoms with van der Waals surface area (Å²) < 4.78 is 0. The third kappa shape index (κ3) is 8.21. The Morgan fingerprint density at radius 2 is 1.79 bits per heavy atom. The van der Waals surface area contributed by atoms with Crippen LogP contribution >= 0.6 is 35.0 Å². The van der Waals surface area contributed by atoms with Gasteiger partial charge in [0.05, 0.1) is 10.7 Å². The Balaban J connectivity index is 2.09. The van der Waals surface area contributed by atoms with Gasteiger partial charge < -0.3 is 10.2 Å². The van der Waals surface area contributed by atoms with E-state index in [2.05, 4.69) is 5.32 Å². The Bertz CT molecular complexity index is 952. The highest BCUT2D eigenvalue weighted by Crippen LogP contribution is 2.27. The molecule has 10 heteroatoms. The number of nitro benzene ring substituents is 1. The van der Waals surface area contributed by atoms with Crippen molar-refractivity contribution in [3.8, 4) is 0 Å². The number of hydrogen-bond acceptors (Lipinski definition) is 5. The number of carbonyl (C=O) groups excluding carboxylic acids is 2. The van der Waals surface area contributed by atoms with Crippen LogP contribution in [0.2, 0.25) is 10.0 Å². The summed E-state index contributed by atoms with van der Waals surface area (Å²) in [4.78, 5) is 37.6. The van der Waals surface area contributed by atoms with Crippen molar-refractivity contribution in [1.29, 1.82) is 0 Å². The lowest BCUT2D eigenvalue weighted by molar-refractivity contribution is -0.384. The average molecular weight is 512 g/mol. The van der Waals surface area contributed by atoms with Gasteiger partial charge in [-0.15, -0.1) is 11.8 Å². The van der Waals surface area contributed by atoms with Crippen LogP contribution < -0.4 is 5.32 Å². The third-order valence-corrected chi connectivity index (χ3v) is 6.73. The average Bonchev–Trinajstić information content (AvgIpc) is 2.79. The van der Waals surface area contributed by atoms with E-state index in [4.69, 9.17) is 23.2 Å². The van der Waals surface area contributed by atoms with Crippen molar-refractivity contribution in [2.24, 2.45) is 0 Å². The molecule has 0 fully saturated rings. The van der Waals surface area contributed by atoms with Crippen molar-refractivity contribution in [3.05, 3.63) is 73.8 Å². The highest BCUT2D eigenvalue weighted by atomic mass is 35.5. The first-order valence-electron chi connectivity index (χ1n) is 10.6. The lowest BCUT2D eigenvalue weighted by Crippen LogP contribution is -2.48. The number of carbonyl (C=O) groups is 2. The van der Waals surface area contributed by atoms with Crippen molar-refractivity contribution in [2.75, 3.05) is 12.3 Å². The van der Waals surface area contributed by atoms with Gasteiger partial charge in [0.25, 0.3) is 5.69 Å². The second kappa shape index (κ2) is 13.4. The summed E-state index contributed by atoms with van der Waals surface area (Å²) in [5.41, 5.74) is 1.47. The van der Waals surface area contributed by atoms with E-state index in [9.17, 15) is 19.7 Å². The molecule has 1 atom stereocenters. The van der Waals surface area contributed by atoms with Crippen molar-refractivity contribution >= 4 is 52.5 Å². The highest BCUT2D eigenvalue weighted by Gasteiger charge is 2.27. The first-order valence-corrected chi connectivity index (χ1v) is 12.5. The van der Waals surface area contributed by atoms with Gasteiger partial charge in [-0.3, -0.25) is 19.7 Å². The van der Waals surface area contributed by atoms with Crippen LogP contribution in [0.25, 0.3) is 0 Å². The van der Waals surface area contributed by atoms with Crippen molar-refractivity contribution in [3.63, 3.8) is 0 Å². The SMILES string of the molecule is CCCCNC(=O)[C@@H](C)N(Cc1c(Cl)cccc1Cl)C(=O)CSCc1ccc([N+](=O)[O-])cc1. The fourth-order valence-electron chi connectivity index (χ4n) is 3.03. The lowest BCUT2D eigenvalue weighted by Gasteiger charge is -2.29. The molecule has 0 radical (unpaired) electrons. The summed E-state index contributed by atoms with van der Waals surface area (Å²) in [7, 11) is 0. The number of rotatable bonds is 12. The number of halogens is 2. The van der Waals surface area contributed by atoms with Gasteiger partial charge in [0, 0.05) is 46.6 Å². The van der Waals surface area contributed by atoms with Crippen LogP contribution in [-0.2, 0) is 21.9 Å². The molecule has 2 amide bonds. The highest BCUT2D eigenvalue weighted by molar-refractivity contribution is 7.99. The number of nitrogens with zero attached hydrogens (tertiary/aromatic N) is 2. The normalized spacial score (nSPS) is 11.6. The van der Waals surface area contributed by atoms with Gasteiger partial charge in [-0.05, 0) is 31.0 Å². The second-order valence-electron chi connectivity index (χ2n) is 7.46. The maximum atomic E-state index is 13.1. The summed E-state index contributed by atoms with van der Waals surface area (Å²) in [6.45, 7) is 4.37. The number of nitrogens with one attached hydrogen (secondary N) is 1. The number of thioether (sulfide) groups is 1. The Hall–Kier alpha value is -2.29. The quantitative estimate of drug-likeness (QED) is 0.231. The third-order valence-electron chi connectivity index (χ3n) is 5.03. The van der Waals surface area contributed by atoms with E-state index in [0.29, 0.717) is 27.9 Å². The maximum absolute atomic E-state index is 13.1. The van der Waals surface area contributed by atoms with Crippen LogP contribution in [0.15, 0.2) is 42.5 Å². The number of nitro groups is 1. The monoisotopic (exact) mass is 511 g/mol. The second-order valence-corrected chi connectivity index (χ2v) is 9.26. The van der Waals surface area contributed by atoms with Crippen LogP contribution in [0.3, 0.4) is 0 Å². The minimum absolute atomic E-state index is 0.0190. The molecule has 0 aliphatic heterocycles. The molecule has 0 bridgehead atoms. The minimum Gasteiger partial charge on any atom is -0.354 e. The van der Waals surface area contributed by atoms with Crippen molar-refractivity contribution < 1.29 is 14.5 Å². The molecule has 178 valence electrons. The van der Waals surface area contributed by atoms with Gasteiger partial charge in [-0.2, -0.15) is 0 Å². The Morgan fingerprint density at radius 3 is 2.36 bits per heavy atom. The molecule has 2 aromatic rings. The molecule has 2 rings (SSSR count). The zero-order chi connectivity index (χ0) is 24.4.